The molecular formula is C21H27ClNO4P. The number of benzene rings is 2. The molecule has 0 spiro atoms. The number of ether oxygens (including phenoxy) is 1. The van der Waals surface area contributed by atoms with Gasteiger partial charge in [-0.25, -0.2) is 9.65 Å². The van der Waals surface area contributed by atoms with Crippen LogP contribution in [0, 0.1) is 5.92 Å². The van der Waals surface area contributed by atoms with Crippen LogP contribution in [-0.4, -0.2) is 18.6 Å². The maximum atomic E-state index is 12.8. The molecule has 0 fully saturated rings. The van der Waals surface area contributed by atoms with Crippen molar-refractivity contribution in [1.29, 1.82) is 0 Å². The standard InChI is InChI=1S/C21H27ClNO4P/c1-3-17(4-2)16-26-21(24)20(15-18-11-7-5-8-12-18)23-28(22,25)27-19-13-9-6-10-14-19/h5-14,17,20H,3-4,15-16H2,1-2H3,(H,23,25)/t20-,28?/m0/s1. The Kier molecular flexibility index (Phi) is 9.04. The second-order valence-corrected chi connectivity index (χ2v) is 9.30. The summed E-state index contributed by atoms with van der Waals surface area (Å²) in [6.45, 7) is 0.639. The van der Waals surface area contributed by atoms with Gasteiger partial charge in [0.2, 0.25) is 0 Å². The van der Waals surface area contributed by atoms with Gasteiger partial charge in [0, 0.05) is 11.2 Å². The fourth-order valence-corrected chi connectivity index (χ4v) is 4.29. The molecule has 0 aliphatic heterocycles. The lowest BCUT2D eigenvalue weighted by Gasteiger charge is -2.22. The minimum absolute atomic E-state index is 0.289. The van der Waals surface area contributed by atoms with Crippen LogP contribution in [0.3, 0.4) is 0 Å². The summed E-state index contributed by atoms with van der Waals surface area (Å²) < 4.78 is 23.6. The predicted octanol–water partition coefficient (Wildman–Crippen LogP) is 5.59. The SMILES string of the molecule is CCC(CC)COC(=O)[C@H](Cc1ccccc1)NP(=O)(Cl)Oc1ccccc1. The number of carbonyl (C=O) groups excluding carboxylic acids is 1. The summed E-state index contributed by atoms with van der Waals surface area (Å²) in [6, 6.07) is 17.1. The van der Waals surface area contributed by atoms with Gasteiger partial charge in [-0.15, -0.1) is 0 Å². The van der Waals surface area contributed by atoms with Gasteiger partial charge >= 0.3 is 12.8 Å². The van der Waals surface area contributed by atoms with E-state index in [1.807, 2.05) is 36.4 Å². The van der Waals surface area contributed by atoms with E-state index < -0.39 is 18.9 Å². The monoisotopic (exact) mass is 423 g/mol. The van der Waals surface area contributed by atoms with Crippen molar-refractivity contribution < 1.29 is 18.6 Å². The minimum atomic E-state index is -3.80. The van der Waals surface area contributed by atoms with Crippen LogP contribution in [-0.2, 0) is 20.5 Å². The largest absolute Gasteiger partial charge is 0.464 e. The number of hydrogen-bond acceptors (Lipinski definition) is 4. The predicted molar refractivity (Wildman–Crippen MR) is 113 cm³/mol. The maximum Gasteiger partial charge on any atom is 0.409 e. The van der Waals surface area contributed by atoms with E-state index >= 15 is 0 Å². The van der Waals surface area contributed by atoms with Crippen LogP contribution in [0.5, 0.6) is 5.75 Å². The molecular weight excluding hydrogens is 397 g/mol. The third-order valence-corrected chi connectivity index (χ3v) is 6.02. The Morgan fingerprint density at radius 2 is 1.61 bits per heavy atom. The molecule has 0 aromatic heterocycles. The van der Waals surface area contributed by atoms with Crippen molar-refractivity contribution in [3.05, 3.63) is 66.2 Å². The quantitative estimate of drug-likeness (QED) is 0.377. The summed E-state index contributed by atoms with van der Waals surface area (Å²) in [4.78, 5) is 12.7. The molecule has 1 unspecified atom stereocenters. The fourth-order valence-electron chi connectivity index (χ4n) is 2.69. The summed E-state index contributed by atoms with van der Waals surface area (Å²) in [5.74, 6) is 0.162. The van der Waals surface area contributed by atoms with Crippen molar-refractivity contribution in [3.63, 3.8) is 0 Å². The van der Waals surface area contributed by atoms with Crippen LogP contribution in [0.25, 0.3) is 0 Å². The first-order chi connectivity index (χ1) is 13.4. The van der Waals surface area contributed by atoms with Gasteiger partial charge in [-0.05, 0) is 30.0 Å². The summed E-state index contributed by atoms with van der Waals surface area (Å²) >= 11 is 6.11. The molecule has 1 N–H and O–H groups in total. The van der Waals surface area contributed by atoms with Crippen molar-refractivity contribution in [2.45, 2.75) is 39.2 Å². The van der Waals surface area contributed by atoms with Gasteiger partial charge in [0.25, 0.3) is 0 Å². The van der Waals surface area contributed by atoms with Gasteiger partial charge in [-0.1, -0.05) is 75.2 Å². The molecule has 0 saturated carbocycles. The van der Waals surface area contributed by atoms with Gasteiger partial charge in [0.1, 0.15) is 11.8 Å². The van der Waals surface area contributed by atoms with E-state index in [-0.39, 0.29) is 6.42 Å². The third kappa shape index (κ3) is 7.67. The van der Waals surface area contributed by atoms with Crippen LogP contribution in [0.15, 0.2) is 60.7 Å². The Labute approximate surface area is 171 Å². The summed E-state index contributed by atoms with van der Waals surface area (Å²) in [6.07, 6.45) is 2.13. The molecule has 152 valence electrons. The molecule has 0 saturated heterocycles. The molecule has 0 heterocycles. The number of carbonyl (C=O) groups is 1. The molecule has 5 nitrogen and oxygen atoms in total. The lowest BCUT2D eigenvalue weighted by Crippen LogP contribution is -2.38. The van der Waals surface area contributed by atoms with E-state index in [2.05, 4.69) is 18.9 Å². The molecule has 2 aromatic rings. The summed E-state index contributed by atoms with van der Waals surface area (Å²) in [7, 11) is 0. The first-order valence-corrected chi connectivity index (χ1v) is 12.0. The highest BCUT2D eigenvalue weighted by Crippen LogP contribution is 2.48. The van der Waals surface area contributed by atoms with Crippen molar-refractivity contribution in [2.24, 2.45) is 5.92 Å². The lowest BCUT2D eigenvalue weighted by atomic mass is 10.0. The first-order valence-electron chi connectivity index (χ1n) is 9.46. The lowest BCUT2D eigenvalue weighted by molar-refractivity contribution is -0.147. The number of halogens is 1. The number of hydrogen-bond donors (Lipinski definition) is 1. The molecule has 2 rings (SSSR count). The smallest absolute Gasteiger partial charge is 0.409 e. The van der Waals surface area contributed by atoms with Crippen LogP contribution in [0.2, 0.25) is 0 Å². The van der Waals surface area contributed by atoms with Gasteiger partial charge in [0.15, 0.2) is 0 Å². The normalized spacial score (nSPS) is 14.3. The van der Waals surface area contributed by atoms with Crippen molar-refractivity contribution in [1.82, 2.24) is 5.09 Å². The Hall–Kier alpha value is -1.81. The molecule has 7 heteroatoms. The summed E-state index contributed by atoms with van der Waals surface area (Å²) in [5.41, 5.74) is 0.899. The van der Waals surface area contributed by atoms with E-state index in [0.29, 0.717) is 18.3 Å². The van der Waals surface area contributed by atoms with Crippen molar-refractivity contribution >= 4 is 24.1 Å². The van der Waals surface area contributed by atoms with E-state index in [9.17, 15) is 9.36 Å². The van der Waals surface area contributed by atoms with Crippen LogP contribution < -0.4 is 9.61 Å². The van der Waals surface area contributed by atoms with E-state index in [1.165, 1.54) is 0 Å². The zero-order valence-electron chi connectivity index (χ0n) is 16.2. The highest BCUT2D eigenvalue weighted by molar-refractivity contribution is 7.84. The molecule has 0 aliphatic carbocycles. The Morgan fingerprint density at radius 1 is 1.04 bits per heavy atom. The van der Waals surface area contributed by atoms with Gasteiger partial charge in [-0.3, -0.25) is 4.79 Å². The van der Waals surface area contributed by atoms with Crippen LogP contribution in [0.4, 0.5) is 0 Å². The minimum Gasteiger partial charge on any atom is -0.464 e. The zero-order valence-corrected chi connectivity index (χ0v) is 17.9. The Morgan fingerprint density at radius 3 is 2.18 bits per heavy atom. The first kappa shape index (κ1) is 22.5. The molecule has 0 aliphatic rings. The average molecular weight is 424 g/mol. The second kappa shape index (κ2) is 11.3. The average Bonchev–Trinajstić information content (AvgIpc) is 2.69. The summed E-state index contributed by atoms with van der Waals surface area (Å²) in [5, 5.41) is 2.67. The highest BCUT2D eigenvalue weighted by atomic mass is 35.7. The molecule has 2 atom stereocenters. The molecule has 0 bridgehead atoms. The van der Waals surface area contributed by atoms with Crippen molar-refractivity contribution in [2.75, 3.05) is 6.61 Å². The van der Waals surface area contributed by atoms with Crippen molar-refractivity contribution in [3.8, 4) is 5.75 Å². The van der Waals surface area contributed by atoms with Gasteiger partial charge in [-0.2, -0.15) is 0 Å². The number of para-hydroxylation sites is 1. The zero-order chi connectivity index (χ0) is 20.4. The third-order valence-electron chi connectivity index (χ3n) is 4.46. The van der Waals surface area contributed by atoms with E-state index in [4.69, 9.17) is 20.5 Å². The number of nitrogens with one attached hydrogen (secondary N) is 1. The molecule has 2 aromatic carbocycles. The number of rotatable bonds is 11. The fraction of sp³-hybridized carbons (Fsp3) is 0.381. The van der Waals surface area contributed by atoms with E-state index in [1.54, 1.807) is 24.3 Å². The molecule has 0 amide bonds. The van der Waals surface area contributed by atoms with Crippen LogP contribution >= 0.6 is 18.1 Å². The maximum absolute atomic E-state index is 12.8. The molecule has 0 radical (unpaired) electrons. The van der Waals surface area contributed by atoms with E-state index in [0.717, 1.165) is 18.4 Å². The van der Waals surface area contributed by atoms with Gasteiger partial charge < -0.3 is 9.26 Å². The Bertz CT molecular complexity index is 768. The van der Waals surface area contributed by atoms with Crippen LogP contribution in [0.1, 0.15) is 32.3 Å². The molecule has 28 heavy (non-hydrogen) atoms. The topological polar surface area (TPSA) is 64.6 Å². The number of esters is 1. The van der Waals surface area contributed by atoms with Gasteiger partial charge in [0.05, 0.1) is 6.61 Å². The Balaban J connectivity index is 2.10. The highest BCUT2D eigenvalue weighted by Gasteiger charge is 2.31. The second-order valence-electron chi connectivity index (χ2n) is 6.57.